The number of thiazole rings is 1. The Morgan fingerprint density at radius 1 is 1.44 bits per heavy atom. The van der Waals surface area contributed by atoms with Gasteiger partial charge >= 0.3 is 0 Å². The number of hydrogen-bond donors (Lipinski definition) is 1. The molecule has 1 fully saturated rings. The summed E-state index contributed by atoms with van der Waals surface area (Å²) in [5.41, 5.74) is 0. The minimum atomic E-state index is 0.379. The SMILES string of the molecule is Cc1ncc(CNC2CC(C)OC(C)C2)s1. The lowest BCUT2D eigenvalue weighted by atomic mass is 10.00. The van der Waals surface area contributed by atoms with Crippen molar-refractivity contribution in [2.24, 2.45) is 0 Å². The van der Waals surface area contributed by atoms with Crippen molar-refractivity contribution in [1.29, 1.82) is 0 Å². The molecule has 2 atom stereocenters. The van der Waals surface area contributed by atoms with Gasteiger partial charge < -0.3 is 10.1 Å². The second-order valence-electron chi connectivity index (χ2n) is 4.65. The Bertz CT molecular complexity index is 330. The number of ether oxygens (including phenoxy) is 1. The summed E-state index contributed by atoms with van der Waals surface area (Å²) in [6.45, 7) is 7.30. The van der Waals surface area contributed by atoms with Crippen molar-refractivity contribution >= 4 is 11.3 Å². The third-order valence-electron chi connectivity index (χ3n) is 2.93. The van der Waals surface area contributed by atoms with Gasteiger partial charge in [0.25, 0.3) is 0 Å². The van der Waals surface area contributed by atoms with Crippen molar-refractivity contribution in [3.8, 4) is 0 Å². The van der Waals surface area contributed by atoms with Crippen LogP contribution in [0.25, 0.3) is 0 Å². The summed E-state index contributed by atoms with van der Waals surface area (Å²) in [6.07, 6.45) is 4.96. The molecule has 4 heteroatoms. The fourth-order valence-electron chi connectivity index (χ4n) is 2.30. The summed E-state index contributed by atoms with van der Waals surface area (Å²) < 4.78 is 5.72. The largest absolute Gasteiger partial charge is 0.375 e. The molecule has 1 aromatic heterocycles. The molecule has 0 saturated carbocycles. The van der Waals surface area contributed by atoms with Gasteiger partial charge in [-0.15, -0.1) is 11.3 Å². The lowest BCUT2D eigenvalue weighted by Gasteiger charge is -2.32. The van der Waals surface area contributed by atoms with Crippen LogP contribution in [0, 0.1) is 6.92 Å². The molecule has 1 saturated heterocycles. The zero-order chi connectivity index (χ0) is 11.5. The van der Waals surface area contributed by atoms with E-state index in [9.17, 15) is 0 Å². The van der Waals surface area contributed by atoms with E-state index in [0.717, 1.165) is 24.4 Å². The summed E-state index contributed by atoms with van der Waals surface area (Å²) >= 11 is 1.77. The number of hydrogen-bond acceptors (Lipinski definition) is 4. The van der Waals surface area contributed by atoms with Crippen LogP contribution in [0.2, 0.25) is 0 Å². The summed E-state index contributed by atoms with van der Waals surface area (Å²) in [7, 11) is 0. The molecule has 0 bridgehead atoms. The molecule has 0 amide bonds. The van der Waals surface area contributed by atoms with Gasteiger partial charge in [0.05, 0.1) is 17.2 Å². The van der Waals surface area contributed by atoms with Crippen LogP contribution in [0.3, 0.4) is 0 Å². The summed E-state index contributed by atoms with van der Waals surface area (Å²) in [5.74, 6) is 0. The maximum absolute atomic E-state index is 5.72. The molecule has 0 spiro atoms. The van der Waals surface area contributed by atoms with Gasteiger partial charge in [-0.25, -0.2) is 4.98 Å². The number of rotatable bonds is 3. The monoisotopic (exact) mass is 240 g/mol. The first kappa shape index (κ1) is 12.0. The Morgan fingerprint density at radius 3 is 2.69 bits per heavy atom. The maximum atomic E-state index is 5.72. The van der Waals surface area contributed by atoms with Crippen molar-refractivity contribution in [2.75, 3.05) is 0 Å². The average Bonchev–Trinajstić information content (AvgIpc) is 2.60. The van der Waals surface area contributed by atoms with Crippen molar-refractivity contribution in [2.45, 2.75) is 58.4 Å². The number of aryl methyl sites for hydroxylation is 1. The Labute approximate surface area is 101 Å². The van der Waals surface area contributed by atoms with Crippen LogP contribution < -0.4 is 5.32 Å². The predicted molar refractivity (Wildman–Crippen MR) is 66.7 cm³/mol. The second-order valence-corrected chi connectivity index (χ2v) is 5.97. The Balaban J connectivity index is 1.81. The smallest absolute Gasteiger partial charge is 0.0897 e. The van der Waals surface area contributed by atoms with Gasteiger partial charge in [0.2, 0.25) is 0 Å². The van der Waals surface area contributed by atoms with E-state index in [1.54, 1.807) is 11.3 Å². The fraction of sp³-hybridized carbons (Fsp3) is 0.750. The van der Waals surface area contributed by atoms with Gasteiger partial charge in [0.15, 0.2) is 0 Å². The minimum Gasteiger partial charge on any atom is -0.375 e. The van der Waals surface area contributed by atoms with E-state index in [-0.39, 0.29) is 0 Å². The summed E-state index contributed by atoms with van der Waals surface area (Å²) in [4.78, 5) is 5.59. The molecule has 1 aliphatic rings. The topological polar surface area (TPSA) is 34.2 Å². The molecule has 0 radical (unpaired) electrons. The molecule has 0 aromatic carbocycles. The molecule has 1 aromatic rings. The average molecular weight is 240 g/mol. The van der Waals surface area contributed by atoms with E-state index >= 15 is 0 Å². The Hall–Kier alpha value is -0.450. The van der Waals surface area contributed by atoms with E-state index in [2.05, 4.69) is 24.1 Å². The first-order valence-corrected chi connectivity index (χ1v) is 6.75. The maximum Gasteiger partial charge on any atom is 0.0897 e. The minimum absolute atomic E-state index is 0.379. The van der Waals surface area contributed by atoms with Crippen molar-refractivity contribution in [3.63, 3.8) is 0 Å². The highest BCUT2D eigenvalue weighted by atomic mass is 32.1. The van der Waals surface area contributed by atoms with Crippen LogP contribution in [0.5, 0.6) is 0 Å². The van der Waals surface area contributed by atoms with E-state index in [0.29, 0.717) is 18.2 Å². The zero-order valence-electron chi connectivity index (χ0n) is 10.2. The highest BCUT2D eigenvalue weighted by Crippen LogP contribution is 2.20. The van der Waals surface area contributed by atoms with Crippen LogP contribution in [0.15, 0.2) is 6.20 Å². The molecular formula is C12H20N2OS. The number of nitrogens with one attached hydrogen (secondary N) is 1. The van der Waals surface area contributed by atoms with Gasteiger partial charge in [-0.3, -0.25) is 0 Å². The van der Waals surface area contributed by atoms with Crippen LogP contribution in [-0.2, 0) is 11.3 Å². The van der Waals surface area contributed by atoms with E-state index in [4.69, 9.17) is 4.74 Å². The molecule has 1 N–H and O–H groups in total. The molecule has 0 aliphatic carbocycles. The van der Waals surface area contributed by atoms with E-state index in [1.807, 2.05) is 13.1 Å². The molecule has 2 unspecified atom stereocenters. The Kier molecular flexibility index (Phi) is 3.95. The summed E-state index contributed by atoms with van der Waals surface area (Å²) in [5, 5.41) is 4.75. The van der Waals surface area contributed by atoms with Gasteiger partial charge in [-0.05, 0) is 33.6 Å². The normalized spacial score (nSPS) is 30.6. The van der Waals surface area contributed by atoms with Crippen LogP contribution in [-0.4, -0.2) is 23.2 Å². The Morgan fingerprint density at radius 2 is 2.12 bits per heavy atom. The van der Waals surface area contributed by atoms with Gasteiger partial charge in [0.1, 0.15) is 0 Å². The molecule has 90 valence electrons. The molecule has 16 heavy (non-hydrogen) atoms. The lowest BCUT2D eigenvalue weighted by molar-refractivity contribution is -0.0422. The van der Waals surface area contributed by atoms with Crippen molar-refractivity contribution in [1.82, 2.24) is 10.3 Å². The first-order chi connectivity index (χ1) is 7.63. The van der Waals surface area contributed by atoms with Crippen molar-refractivity contribution < 1.29 is 4.74 Å². The number of nitrogens with zero attached hydrogens (tertiary/aromatic N) is 1. The highest BCUT2D eigenvalue weighted by molar-refractivity contribution is 7.11. The zero-order valence-corrected chi connectivity index (χ0v) is 11.0. The highest BCUT2D eigenvalue weighted by Gasteiger charge is 2.23. The van der Waals surface area contributed by atoms with E-state index in [1.165, 1.54) is 4.88 Å². The lowest BCUT2D eigenvalue weighted by Crippen LogP contribution is -2.40. The van der Waals surface area contributed by atoms with Gasteiger partial charge in [-0.1, -0.05) is 0 Å². The summed E-state index contributed by atoms with van der Waals surface area (Å²) in [6, 6.07) is 0.584. The molecular weight excluding hydrogens is 220 g/mol. The number of aromatic nitrogens is 1. The predicted octanol–water partition coefficient (Wildman–Crippen LogP) is 2.50. The molecule has 2 rings (SSSR count). The van der Waals surface area contributed by atoms with Crippen LogP contribution in [0.4, 0.5) is 0 Å². The molecule has 3 nitrogen and oxygen atoms in total. The molecule has 2 heterocycles. The fourth-order valence-corrected chi connectivity index (χ4v) is 3.05. The van der Waals surface area contributed by atoms with E-state index < -0.39 is 0 Å². The van der Waals surface area contributed by atoms with Gasteiger partial charge in [-0.2, -0.15) is 0 Å². The standard InChI is InChI=1S/C12H20N2OS/c1-8-4-11(5-9(2)15-8)14-7-12-6-13-10(3)16-12/h6,8-9,11,14H,4-5,7H2,1-3H3. The first-order valence-electron chi connectivity index (χ1n) is 5.93. The second kappa shape index (κ2) is 5.25. The van der Waals surface area contributed by atoms with Crippen LogP contribution in [0.1, 0.15) is 36.6 Å². The quantitative estimate of drug-likeness (QED) is 0.881. The molecule has 1 aliphatic heterocycles. The third-order valence-corrected chi connectivity index (χ3v) is 3.84. The van der Waals surface area contributed by atoms with Crippen molar-refractivity contribution in [3.05, 3.63) is 16.1 Å². The third kappa shape index (κ3) is 3.27. The van der Waals surface area contributed by atoms with Crippen LogP contribution >= 0.6 is 11.3 Å². The van der Waals surface area contributed by atoms with Gasteiger partial charge in [0, 0.05) is 23.7 Å².